The van der Waals surface area contributed by atoms with Crippen molar-refractivity contribution in [3.05, 3.63) is 83.7 Å². The third kappa shape index (κ3) is 3.16. The molecule has 1 aliphatic rings. The number of fused-ring (bicyclic) bond motifs is 2. The van der Waals surface area contributed by atoms with Crippen LogP contribution in [-0.4, -0.2) is 39.8 Å². The zero-order chi connectivity index (χ0) is 20.8. The van der Waals surface area contributed by atoms with Crippen LogP contribution in [0.3, 0.4) is 0 Å². The number of nitrogens with zero attached hydrogens (tertiary/aromatic N) is 4. The van der Waals surface area contributed by atoms with E-state index >= 15 is 0 Å². The number of rotatable bonds is 2. The maximum Gasteiger partial charge on any atom is 0.274 e. The number of benzene rings is 1. The number of carbonyl (C=O) groups is 1. The summed E-state index contributed by atoms with van der Waals surface area (Å²) in [4.78, 5) is 18.8. The first-order chi connectivity index (χ1) is 14.5. The molecular weight excluding hydrogens is 378 g/mol. The summed E-state index contributed by atoms with van der Waals surface area (Å²) in [6, 6.07) is 14.6. The normalized spacial score (nSPS) is 15.9. The molecular formula is C23H18BFN4O. The number of carbonyl (C=O) groups excluding carboxylic acids is 1. The molecule has 0 spiro atoms. The van der Waals surface area contributed by atoms with Crippen molar-refractivity contribution in [2.45, 2.75) is 19.4 Å². The van der Waals surface area contributed by atoms with E-state index in [9.17, 15) is 9.18 Å². The van der Waals surface area contributed by atoms with Gasteiger partial charge in [-0.15, -0.1) is 0 Å². The number of pyridine rings is 2. The van der Waals surface area contributed by atoms with Crippen molar-refractivity contribution in [3.63, 3.8) is 0 Å². The fourth-order valence-electron chi connectivity index (χ4n) is 4.09. The lowest BCUT2D eigenvalue weighted by atomic mass is 9.90. The van der Waals surface area contributed by atoms with Gasteiger partial charge >= 0.3 is 0 Å². The Morgan fingerprint density at radius 2 is 1.97 bits per heavy atom. The number of halogens is 1. The van der Waals surface area contributed by atoms with Crippen molar-refractivity contribution in [1.29, 1.82) is 0 Å². The van der Waals surface area contributed by atoms with Gasteiger partial charge in [0.2, 0.25) is 5.95 Å². The number of hydrogen-bond acceptors (Lipinski definition) is 3. The first-order valence-corrected chi connectivity index (χ1v) is 9.80. The molecule has 0 saturated carbocycles. The monoisotopic (exact) mass is 396 g/mol. The van der Waals surface area contributed by atoms with E-state index in [-0.39, 0.29) is 11.9 Å². The Bertz CT molecular complexity index is 1270. The summed E-state index contributed by atoms with van der Waals surface area (Å²) in [6.45, 7) is 2.64. The zero-order valence-electron chi connectivity index (χ0n) is 16.4. The molecule has 4 heterocycles. The van der Waals surface area contributed by atoms with Gasteiger partial charge in [-0.3, -0.25) is 4.79 Å². The molecule has 30 heavy (non-hydrogen) atoms. The van der Waals surface area contributed by atoms with Crippen LogP contribution in [0.4, 0.5) is 4.39 Å². The number of amides is 1. The zero-order valence-corrected chi connectivity index (χ0v) is 16.4. The minimum Gasteiger partial charge on any atom is -0.330 e. The summed E-state index contributed by atoms with van der Waals surface area (Å²) in [7, 11) is 5.81. The lowest BCUT2D eigenvalue weighted by Gasteiger charge is -2.35. The maximum absolute atomic E-state index is 13.2. The van der Waals surface area contributed by atoms with Gasteiger partial charge in [0.15, 0.2) is 5.69 Å². The Balaban J connectivity index is 1.43. The van der Waals surface area contributed by atoms with Crippen molar-refractivity contribution < 1.29 is 9.18 Å². The molecule has 1 aliphatic heterocycles. The highest BCUT2D eigenvalue weighted by molar-refractivity contribution is 6.32. The van der Waals surface area contributed by atoms with Crippen molar-refractivity contribution in [2.75, 3.05) is 6.54 Å². The summed E-state index contributed by atoms with van der Waals surface area (Å²) in [5, 5.41) is 4.41. The van der Waals surface area contributed by atoms with Crippen molar-refractivity contribution in [3.8, 4) is 11.1 Å². The summed E-state index contributed by atoms with van der Waals surface area (Å²) in [5.74, 6) is -0.587. The van der Waals surface area contributed by atoms with Crippen molar-refractivity contribution in [1.82, 2.24) is 19.5 Å². The van der Waals surface area contributed by atoms with E-state index in [1.54, 1.807) is 28.9 Å². The van der Waals surface area contributed by atoms with Crippen LogP contribution >= 0.6 is 0 Å². The minimum atomic E-state index is -0.492. The highest BCUT2D eigenvalue weighted by Gasteiger charge is 2.29. The van der Waals surface area contributed by atoms with E-state index < -0.39 is 5.95 Å². The Labute approximate surface area is 174 Å². The molecule has 5 nitrogen and oxygen atoms in total. The molecule has 2 radical (unpaired) electrons. The fourth-order valence-corrected chi connectivity index (χ4v) is 4.09. The van der Waals surface area contributed by atoms with Gasteiger partial charge in [0.05, 0.1) is 11.6 Å². The molecule has 1 unspecified atom stereocenters. The number of hydrogen-bond donors (Lipinski definition) is 0. The van der Waals surface area contributed by atoms with Gasteiger partial charge in [-0.25, -0.2) is 9.50 Å². The Kier molecular flexibility index (Phi) is 4.38. The lowest BCUT2D eigenvalue weighted by molar-refractivity contribution is 0.0671. The topological polar surface area (TPSA) is 50.5 Å². The van der Waals surface area contributed by atoms with E-state index in [1.807, 2.05) is 30.0 Å². The molecule has 1 atom stereocenters. The average Bonchev–Trinajstić information content (AvgIpc) is 3.17. The molecule has 0 N–H and O–H groups in total. The van der Waals surface area contributed by atoms with E-state index in [0.717, 1.165) is 28.6 Å². The van der Waals surface area contributed by atoms with Crippen LogP contribution in [0.15, 0.2) is 60.9 Å². The molecule has 3 aromatic heterocycles. The highest BCUT2D eigenvalue weighted by Crippen LogP contribution is 2.33. The lowest BCUT2D eigenvalue weighted by Crippen LogP contribution is -2.39. The van der Waals surface area contributed by atoms with Crippen LogP contribution in [0.2, 0.25) is 0 Å². The smallest absolute Gasteiger partial charge is 0.274 e. The molecule has 1 aromatic carbocycles. The van der Waals surface area contributed by atoms with E-state index in [0.29, 0.717) is 17.7 Å². The van der Waals surface area contributed by atoms with E-state index in [4.69, 9.17) is 7.85 Å². The van der Waals surface area contributed by atoms with Crippen molar-refractivity contribution in [2.24, 2.45) is 0 Å². The summed E-state index contributed by atoms with van der Waals surface area (Å²) in [5.41, 5.74) is 6.00. The number of aromatic nitrogens is 3. The van der Waals surface area contributed by atoms with Gasteiger partial charge in [0, 0.05) is 24.5 Å². The van der Waals surface area contributed by atoms with E-state index in [1.165, 1.54) is 17.8 Å². The molecule has 7 heteroatoms. The van der Waals surface area contributed by atoms with Gasteiger partial charge in [-0.2, -0.15) is 9.49 Å². The highest BCUT2D eigenvalue weighted by atomic mass is 19.1. The third-order valence-corrected chi connectivity index (χ3v) is 5.71. The maximum atomic E-state index is 13.2. The van der Waals surface area contributed by atoms with Gasteiger partial charge in [0.1, 0.15) is 7.85 Å². The summed E-state index contributed by atoms with van der Waals surface area (Å²) < 4.78 is 14.7. The average molecular weight is 396 g/mol. The minimum absolute atomic E-state index is 0.0727. The van der Waals surface area contributed by atoms with Crippen LogP contribution in [-0.2, 0) is 6.42 Å². The Hall–Kier alpha value is -3.48. The standard InChI is InChI=1S/C23H18BFN4O/c1-14-20-6-2-15(17-3-7-22(25)26-12-17)10-16(20)8-9-28(14)23(30)21-11-19-5-4-18(24)13-29(19)27-21/h2-7,10-14H,8-9H2,1H3. The SMILES string of the molecule is [B]c1ccc2cc(C(=O)N3CCc4cc(-c5ccc(F)nc5)ccc4C3C)nn2c1. The second kappa shape index (κ2) is 7.09. The molecule has 0 aliphatic carbocycles. The molecule has 0 fully saturated rings. The van der Waals surface area contributed by atoms with Gasteiger partial charge in [-0.05, 0) is 54.3 Å². The van der Waals surface area contributed by atoms with Crippen LogP contribution in [0, 0.1) is 5.95 Å². The molecule has 146 valence electrons. The van der Waals surface area contributed by atoms with Crippen LogP contribution in [0.25, 0.3) is 16.6 Å². The quantitative estimate of drug-likeness (QED) is 0.387. The Morgan fingerprint density at radius 3 is 2.77 bits per heavy atom. The third-order valence-electron chi connectivity index (χ3n) is 5.71. The molecule has 0 saturated heterocycles. The molecule has 0 bridgehead atoms. The van der Waals surface area contributed by atoms with Gasteiger partial charge in [0.25, 0.3) is 5.91 Å². The second-order valence-corrected chi connectivity index (χ2v) is 7.57. The first-order valence-electron chi connectivity index (χ1n) is 9.80. The van der Waals surface area contributed by atoms with Crippen LogP contribution < -0.4 is 5.46 Å². The van der Waals surface area contributed by atoms with Crippen molar-refractivity contribution >= 4 is 24.7 Å². The second-order valence-electron chi connectivity index (χ2n) is 7.57. The first kappa shape index (κ1) is 18.5. The molecule has 5 rings (SSSR count). The Morgan fingerprint density at radius 1 is 1.13 bits per heavy atom. The van der Waals surface area contributed by atoms with Crippen LogP contribution in [0.5, 0.6) is 0 Å². The molecule has 1 amide bonds. The van der Waals surface area contributed by atoms with E-state index in [2.05, 4.69) is 16.1 Å². The van der Waals surface area contributed by atoms with Gasteiger partial charge in [-0.1, -0.05) is 29.7 Å². The summed E-state index contributed by atoms with van der Waals surface area (Å²) >= 11 is 0. The van der Waals surface area contributed by atoms with Gasteiger partial charge < -0.3 is 4.90 Å². The van der Waals surface area contributed by atoms with Crippen LogP contribution in [0.1, 0.15) is 34.6 Å². The predicted molar refractivity (Wildman–Crippen MR) is 113 cm³/mol. The fraction of sp³-hybridized carbons (Fsp3) is 0.174. The summed E-state index contributed by atoms with van der Waals surface area (Å²) in [6.07, 6.45) is 3.98. The largest absolute Gasteiger partial charge is 0.330 e. The predicted octanol–water partition coefficient (Wildman–Crippen LogP) is 3.09. The molecule has 4 aromatic rings.